The third kappa shape index (κ3) is 6.13. The molecule has 0 aromatic rings. The molecule has 3 nitrogen and oxygen atoms in total. The van der Waals surface area contributed by atoms with E-state index in [0.717, 1.165) is 51.9 Å². The lowest BCUT2D eigenvalue weighted by Gasteiger charge is -2.25. The first kappa shape index (κ1) is 12.9. The lowest BCUT2D eigenvalue weighted by Crippen LogP contribution is -2.23. The molecule has 1 rings (SSSR count). The molecular formula is C12H24O3. The van der Waals surface area contributed by atoms with Gasteiger partial charge in [-0.05, 0) is 38.0 Å². The second kappa shape index (κ2) is 8.08. The maximum Gasteiger partial charge on any atom is 0.0543 e. The van der Waals surface area contributed by atoms with Gasteiger partial charge in [0.25, 0.3) is 0 Å². The number of aliphatic hydroxyl groups is 1. The molecule has 1 aliphatic rings. The molecule has 0 aliphatic heterocycles. The van der Waals surface area contributed by atoms with Crippen molar-refractivity contribution in [3.63, 3.8) is 0 Å². The fourth-order valence-corrected chi connectivity index (χ4v) is 2.11. The van der Waals surface area contributed by atoms with Gasteiger partial charge in [-0.25, -0.2) is 0 Å². The first-order valence-electron chi connectivity index (χ1n) is 6.07. The molecule has 90 valence electrons. The Morgan fingerprint density at radius 2 is 2.00 bits per heavy atom. The maximum atomic E-state index is 9.48. The predicted molar refractivity (Wildman–Crippen MR) is 59.9 cm³/mol. The third-order valence-electron chi connectivity index (χ3n) is 3.00. The Labute approximate surface area is 92.8 Å². The van der Waals surface area contributed by atoms with E-state index in [1.54, 1.807) is 7.11 Å². The fourth-order valence-electron chi connectivity index (χ4n) is 2.11. The lowest BCUT2D eigenvalue weighted by atomic mass is 9.88. The molecule has 0 radical (unpaired) electrons. The summed E-state index contributed by atoms with van der Waals surface area (Å²) in [7, 11) is 1.73. The van der Waals surface area contributed by atoms with Gasteiger partial charge in [0.1, 0.15) is 0 Å². The van der Waals surface area contributed by atoms with Gasteiger partial charge in [-0.15, -0.1) is 0 Å². The van der Waals surface area contributed by atoms with E-state index in [-0.39, 0.29) is 6.10 Å². The molecule has 2 unspecified atom stereocenters. The van der Waals surface area contributed by atoms with Crippen LogP contribution in [0.25, 0.3) is 0 Å². The summed E-state index contributed by atoms with van der Waals surface area (Å²) < 4.78 is 10.6. The van der Waals surface area contributed by atoms with E-state index in [1.807, 2.05) is 0 Å². The van der Waals surface area contributed by atoms with E-state index in [4.69, 9.17) is 9.47 Å². The van der Waals surface area contributed by atoms with Crippen LogP contribution < -0.4 is 0 Å². The Bertz CT molecular complexity index is 150. The summed E-state index contributed by atoms with van der Waals surface area (Å²) in [5.74, 6) is 0.580. The molecule has 1 fully saturated rings. The van der Waals surface area contributed by atoms with E-state index in [2.05, 4.69) is 0 Å². The first-order valence-corrected chi connectivity index (χ1v) is 6.07. The number of aliphatic hydroxyl groups excluding tert-OH is 1. The second-order valence-electron chi connectivity index (χ2n) is 4.46. The van der Waals surface area contributed by atoms with Crippen molar-refractivity contribution >= 4 is 0 Å². The minimum absolute atomic E-state index is 0.0826. The van der Waals surface area contributed by atoms with E-state index < -0.39 is 0 Å². The summed E-state index contributed by atoms with van der Waals surface area (Å²) >= 11 is 0. The van der Waals surface area contributed by atoms with Crippen LogP contribution in [0.3, 0.4) is 0 Å². The Kier molecular flexibility index (Phi) is 6.98. The fraction of sp³-hybridized carbons (Fsp3) is 1.00. The van der Waals surface area contributed by atoms with Crippen LogP contribution in [0, 0.1) is 5.92 Å². The normalized spacial score (nSPS) is 26.8. The highest BCUT2D eigenvalue weighted by Crippen LogP contribution is 2.24. The molecule has 2 atom stereocenters. The summed E-state index contributed by atoms with van der Waals surface area (Å²) in [5.41, 5.74) is 0. The van der Waals surface area contributed by atoms with Crippen molar-refractivity contribution in [2.75, 3.05) is 26.9 Å². The number of unbranched alkanes of at least 4 members (excludes halogenated alkanes) is 1. The van der Waals surface area contributed by atoms with Crippen LogP contribution in [-0.4, -0.2) is 38.1 Å². The summed E-state index contributed by atoms with van der Waals surface area (Å²) in [6.45, 7) is 2.48. The SMILES string of the molecule is COCCCCOCC1CCCC(O)C1. The van der Waals surface area contributed by atoms with E-state index in [0.29, 0.717) is 5.92 Å². The Hall–Kier alpha value is -0.120. The zero-order valence-corrected chi connectivity index (χ0v) is 9.78. The zero-order valence-electron chi connectivity index (χ0n) is 9.78. The van der Waals surface area contributed by atoms with Crippen molar-refractivity contribution in [3.05, 3.63) is 0 Å². The minimum atomic E-state index is -0.0826. The molecule has 15 heavy (non-hydrogen) atoms. The van der Waals surface area contributed by atoms with Gasteiger partial charge in [0.2, 0.25) is 0 Å². The van der Waals surface area contributed by atoms with Gasteiger partial charge >= 0.3 is 0 Å². The lowest BCUT2D eigenvalue weighted by molar-refractivity contribution is 0.0386. The average Bonchev–Trinajstić information content (AvgIpc) is 2.23. The first-order chi connectivity index (χ1) is 7.33. The maximum absolute atomic E-state index is 9.48. The quantitative estimate of drug-likeness (QED) is 0.661. The largest absolute Gasteiger partial charge is 0.393 e. The number of hydrogen-bond donors (Lipinski definition) is 1. The summed E-state index contributed by atoms with van der Waals surface area (Å²) in [6.07, 6.45) is 6.34. The highest BCUT2D eigenvalue weighted by Gasteiger charge is 2.19. The number of hydrogen-bond acceptors (Lipinski definition) is 3. The topological polar surface area (TPSA) is 38.7 Å². The number of methoxy groups -OCH3 is 1. The van der Waals surface area contributed by atoms with Crippen molar-refractivity contribution in [3.8, 4) is 0 Å². The van der Waals surface area contributed by atoms with Gasteiger partial charge in [-0.1, -0.05) is 6.42 Å². The molecule has 0 aromatic heterocycles. The molecule has 0 saturated heterocycles. The van der Waals surface area contributed by atoms with E-state index in [1.165, 1.54) is 6.42 Å². The van der Waals surface area contributed by atoms with Crippen molar-refractivity contribution in [2.24, 2.45) is 5.92 Å². The smallest absolute Gasteiger partial charge is 0.0543 e. The standard InChI is InChI=1S/C12H24O3/c1-14-7-2-3-8-15-10-11-5-4-6-12(13)9-11/h11-13H,2-10H2,1H3. The van der Waals surface area contributed by atoms with Gasteiger partial charge in [-0.2, -0.15) is 0 Å². The molecule has 0 heterocycles. The van der Waals surface area contributed by atoms with Crippen molar-refractivity contribution in [1.29, 1.82) is 0 Å². The Morgan fingerprint density at radius 1 is 1.20 bits per heavy atom. The molecule has 0 aromatic carbocycles. The predicted octanol–water partition coefficient (Wildman–Crippen LogP) is 1.98. The second-order valence-corrected chi connectivity index (χ2v) is 4.46. The highest BCUT2D eigenvalue weighted by atomic mass is 16.5. The Morgan fingerprint density at radius 3 is 2.73 bits per heavy atom. The molecule has 1 aliphatic carbocycles. The van der Waals surface area contributed by atoms with E-state index >= 15 is 0 Å². The van der Waals surface area contributed by atoms with Gasteiger partial charge in [-0.3, -0.25) is 0 Å². The molecule has 0 bridgehead atoms. The highest BCUT2D eigenvalue weighted by molar-refractivity contribution is 4.71. The monoisotopic (exact) mass is 216 g/mol. The van der Waals surface area contributed by atoms with Crippen LogP contribution in [0.2, 0.25) is 0 Å². The van der Waals surface area contributed by atoms with Crippen molar-refractivity contribution < 1.29 is 14.6 Å². The van der Waals surface area contributed by atoms with Gasteiger partial charge in [0.05, 0.1) is 6.10 Å². The van der Waals surface area contributed by atoms with Crippen LogP contribution in [0.5, 0.6) is 0 Å². The van der Waals surface area contributed by atoms with Gasteiger partial charge < -0.3 is 14.6 Å². The van der Waals surface area contributed by atoms with Crippen molar-refractivity contribution in [2.45, 2.75) is 44.6 Å². The molecule has 0 spiro atoms. The summed E-state index contributed by atoms with van der Waals surface area (Å²) in [5, 5.41) is 9.48. The molecule has 0 amide bonds. The minimum Gasteiger partial charge on any atom is -0.393 e. The van der Waals surface area contributed by atoms with E-state index in [9.17, 15) is 5.11 Å². The Balaban J connectivity index is 1.90. The summed E-state index contributed by atoms with van der Waals surface area (Å²) in [4.78, 5) is 0. The molecule has 1 N–H and O–H groups in total. The van der Waals surface area contributed by atoms with Crippen LogP contribution in [0.15, 0.2) is 0 Å². The summed E-state index contributed by atoms with van der Waals surface area (Å²) in [6, 6.07) is 0. The van der Waals surface area contributed by atoms with Crippen LogP contribution >= 0.6 is 0 Å². The van der Waals surface area contributed by atoms with Crippen LogP contribution in [-0.2, 0) is 9.47 Å². The number of rotatable bonds is 7. The van der Waals surface area contributed by atoms with Crippen molar-refractivity contribution in [1.82, 2.24) is 0 Å². The zero-order chi connectivity index (χ0) is 10.9. The number of ether oxygens (including phenoxy) is 2. The van der Waals surface area contributed by atoms with Gasteiger partial charge in [0, 0.05) is 26.9 Å². The van der Waals surface area contributed by atoms with Crippen LogP contribution in [0.1, 0.15) is 38.5 Å². The van der Waals surface area contributed by atoms with Crippen LogP contribution in [0.4, 0.5) is 0 Å². The van der Waals surface area contributed by atoms with Gasteiger partial charge in [0.15, 0.2) is 0 Å². The average molecular weight is 216 g/mol. The third-order valence-corrected chi connectivity index (χ3v) is 3.00. The molecule has 1 saturated carbocycles. The molecule has 3 heteroatoms. The molecular weight excluding hydrogens is 192 g/mol.